The number of methoxy groups -OCH3 is 1. The Morgan fingerprint density at radius 2 is 1.80 bits per heavy atom. The number of ether oxygens (including phenoxy) is 1. The fourth-order valence-corrected chi connectivity index (χ4v) is 3.98. The van der Waals surface area contributed by atoms with E-state index in [1.807, 2.05) is 31.6 Å². The van der Waals surface area contributed by atoms with Crippen LogP contribution in [0.3, 0.4) is 0 Å². The maximum absolute atomic E-state index is 9.62. The maximum Gasteiger partial charge on any atom is 0.287 e. The van der Waals surface area contributed by atoms with Gasteiger partial charge in [-0.25, -0.2) is 4.57 Å². The van der Waals surface area contributed by atoms with Crippen LogP contribution >= 0.6 is 0 Å². The van der Waals surface area contributed by atoms with Crippen molar-refractivity contribution in [2.24, 2.45) is 7.05 Å². The summed E-state index contributed by atoms with van der Waals surface area (Å²) in [5.74, 6) is 1.15. The lowest BCUT2D eigenvalue weighted by Gasteiger charge is -2.31. The number of benzene rings is 2. The van der Waals surface area contributed by atoms with Crippen molar-refractivity contribution in [1.29, 1.82) is 0 Å². The first-order chi connectivity index (χ1) is 14.4. The molecule has 2 aromatic carbocycles. The lowest BCUT2D eigenvalue weighted by atomic mass is 9.73. The first-order valence-corrected chi connectivity index (χ1v) is 10.8. The number of phenols is 1. The Hall–Kier alpha value is -2.88. The van der Waals surface area contributed by atoms with E-state index in [9.17, 15) is 5.11 Å². The third kappa shape index (κ3) is 4.48. The summed E-state index contributed by atoms with van der Waals surface area (Å²) < 4.78 is 7.66. The van der Waals surface area contributed by atoms with Gasteiger partial charge in [-0.3, -0.25) is 0 Å². The molecule has 0 spiro atoms. The summed E-state index contributed by atoms with van der Waals surface area (Å²) in [5.41, 5.74) is 5.57. The first kappa shape index (κ1) is 21.8. The molecule has 0 saturated carbocycles. The van der Waals surface area contributed by atoms with Gasteiger partial charge in [0.1, 0.15) is 17.2 Å². The van der Waals surface area contributed by atoms with Crippen LogP contribution in [0.25, 0.3) is 22.5 Å². The number of phenolic OH excluding ortho intramolecular Hbond substituents is 1. The fraction of sp³-hybridized carbons (Fsp3) is 0.385. The molecular formula is C26H33N2O2+. The van der Waals surface area contributed by atoms with E-state index in [0.29, 0.717) is 0 Å². The Morgan fingerprint density at radius 3 is 2.43 bits per heavy atom. The van der Waals surface area contributed by atoms with E-state index in [1.54, 1.807) is 19.2 Å². The Morgan fingerprint density at radius 1 is 1.07 bits per heavy atom. The van der Waals surface area contributed by atoms with Crippen LogP contribution in [0.2, 0.25) is 0 Å². The molecule has 0 fully saturated rings. The van der Waals surface area contributed by atoms with Gasteiger partial charge in [-0.2, -0.15) is 0 Å². The lowest BCUT2D eigenvalue weighted by molar-refractivity contribution is -0.663. The summed E-state index contributed by atoms with van der Waals surface area (Å²) in [6, 6.07) is 15.7. The minimum absolute atomic E-state index is 0.0643. The van der Waals surface area contributed by atoms with Crippen molar-refractivity contribution < 1.29 is 14.4 Å². The summed E-state index contributed by atoms with van der Waals surface area (Å²) >= 11 is 0. The van der Waals surface area contributed by atoms with E-state index >= 15 is 0 Å². The van der Waals surface area contributed by atoms with Crippen molar-refractivity contribution >= 4 is 0 Å². The molecule has 0 aliphatic rings. The summed E-state index contributed by atoms with van der Waals surface area (Å²) in [5, 5.41) is 9.62. The zero-order chi connectivity index (χ0) is 21.7. The van der Waals surface area contributed by atoms with Crippen LogP contribution in [0.5, 0.6) is 11.5 Å². The van der Waals surface area contributed by atoms with Crippen LogP contribution in [-0.4, -0.2) is 17.2 Å². The number of rotatable bonds is 8. The van der Waals surface area contributed by atoms with Gasteiger partial charge in [0, 0.05) is 17.2 Å². The highest BCUT2D eigenvalue weighted by Crippen LogP contribution is 2.40. The molecule has 4 heteroatoms. The monoisotopic (exact) mass is 405 g/mol. The second-order valence-corrected chi connectivity index (χ2v) is 8.25. The number of nitrogens with zero attached hydrogens (tertiary/aromatic N) is 2. The van der Waals surface area contributed by atoms with Crippen molar-refractivity contribution in [2.75, 3.05) is 7.11 Å². The average Bonchev–Trinajstić information content (AvgIpc) is 2.78. The van der Waals surface area contributed by atoms with E-state index in [4.69, 9.17) is 4.74 Å². The molecule has 4 nitrogen and oxygen atoms in total. The number of unbranched alkanes of at least 4 members (excludes halogenated alkanes) is 1. The Labute approximate surface area is 180 Å². The van der Waals surface area contributed by atoms with Crippen molar-refractivity contribution in [3.05, 3.63) is 60.4 Å². The molecule has 1 unspecified atom stereocenters. The van der Waals surface area contributed by atoms with Crippen LogP contribution < -0.4 is 9.30 Å². The molecule has 0 saturated heterocycles. The van der Waals surface area contributed by atoms with E-state index in [1.165, 1.54) is 24.0 Å². The van der Waals surface area contributed by atoms with Crippen molar-refractivity contribution in [3.8, 4) is 34.0 Å². The highest BCUT2D eigenvalue weighted by atomic mass is 16.5. The fourth-order valence-electron chi connectivity index (χ4n) is 3.98. The van der Waals surface area contributed by atoms with Crippen LogP contribution in [0.4, 0.5) is 0 Å². The van der Waals surface area contributed by atoms with E-state index in [-0.39, 0.29) is 11.2 Å². The van der Waals surface area contributed by atoms with Crippen molar-refractivity contribution in [1.82, 2.24) is 4.98 Å². The third-order valence-corrected chi connectivity index (χ3v) is 6.20. The summed E-state index contributed by atoms with van der Waals surface area (Å²) in [6.07, 6.45) is 6.44. The highest BCUT2D eigenvalue weighted by Gasteiger charge is 2.29. The molecule has 1 N–H and O–H groups in total. The molecule has 30 heavy (non-hydrogen) atoms. The summed E-state index contributed by atoms with van der Waals surface area (Å²) in [7, 11) is 3.76. The maximum atomic E-state index is 9.62. The molecular weight excluding hydrogens is 372 g/mol. The van der Waals surface area contributed by atoms with Gasteiger partial charge in [0.05, 0.1) is 14.2 Å². The van der Waals surface area contributed by atoms with Gasteiger partial charge < -0.3 is 9.84 Å². The topological polar surface area (TPSA) is 46.2 Å². The zero-order valence-corrected chi connectivity index (χ0v) is 18.8. The highest BCUT2D eigenvalue weighted by molar-refractivity contribution is 5.70. The second kappa shape index (κ2) is 9.29. The standard InChI is InChI=1S/C26H32N2O2/c1-6-8-15-26(3,7-2)23-16-21(30-5)13-14-22(23)25-17-24(27-18-28(25)4)19-9-11-20(29)12-10-19/h9-14,16-18H,6-8,15H2,1-5H3/p+1. The van der Waals surface area contributed by atoms with E-state index < -0.39 is 0 Å². The van der Waals surface area contributed by atoms with Gasteiger partial charge in [0.2, 0.25) is 0 Å². The summed E-state index contributed by atoms with van der Waals surface area (Å²) in [6.45, 7) is 6.88. The van der Waals surface area contributed by atoms with Gasteiger partial charge in [-0.1, -0.05) is 33.6 Å². The predicted molar refractivity (Wildman–Crippen MR) is 122 cm³/mol. The van der Waals surface area contributed by atoms with Gasteiger partial charge in [-0.15, -0.1) is 0 Å². The number of aromatic hydroxyl groups is 1. The quantitative estimate of drug-likeness (QED) is 0.481. The van der Waals surface area contributed by atoms with Crippen LogP contribution in [-0.2, 0) is 12.5 Å². The van der Waals surface area contributed by atoms with Crippen molar-refractivity contribution in [2.45, 2.75) is 51.9 Å². The zero-order valence-electron chi connectivity index (χ0n) is 18.8. The minimum atomic E-state index is 0.0643. The molecule has 3 aromatic rings. The van der Waals surface area contributed by atoms with Gasteiger partial charge in [0.15, 0.2) is 5.69 Å². The number of hydrogen-bond acceptors (Lipinski definition) is 3. The smallest absolute Gasteiger partial charge is 0.287 e. The van der Waals surface area contributed by atoms with Crippen LogP contribution in [0.1, 0.15) is 52.0 Å². The Bertz CT molecular complexity index is 998. The molecule has 1 atom stereocenters. The Balaban J connectivity index is 2.17. The summed E-state index contributed by atoms with van der Waals surface area (Å²) in [4.78, 5) is 4.62. The minimum Gasteiger partial charge on any atom is -0.508 e. The molecule has 158 valence electrons. The van der Waals surface area contributed by atoms with Gasteiger partial charge >= 0.3 is 0 Å². The number of hydrogen-bond donors (Lipinski definition) is 1. The van der Waals surface area contributed by atoms with Gasteiger partial charge in [0.25, 0.3) is 6.33 Å². The van der Waals surface area contributed by atoms with E-state index in [2.05, 4.69) is 48.5 Å². The molecule has 1 heterocycles. The van der Waals surface area contributed by atoms with Crippen molar-refractivity contribution in [3.63, 3.8) is 0 Å². The number of aryl methyl sites for hydroxylation is 1. The predicted octanol–water partition coefficient (Wildman–Crippen LogP) is 5.81. The molecule has 0 aliphatic heterocycles. The molecule has 1 aromatic heterocycles. The lowest BCUT2D eigenvalue weighted by Crippen LogP contribution is -2.33. The first-order valence-electron chi connectivity index (χ1n) is 10.8. The largest absolute Gasteiger partial charge is 0.508 e. The number of aromatic nitrogens is 2. The molecule has 0 aliphatic carbocycles. The second-order valence-electron chi connectivity index (χ2n) is 8.25. The third-order valence-electron chi connectivity index (χ3n) is 6.20. The Kier molecular flexibility index (Phi) is 6.76. The molecule has 3 rings (SSSR count). The van der Waals surface area contributed by atoms with Crippen LogP contribution in [0, 0.1) is 0 Å². The SMILES string of the molecule is CCCCC(C)(CC)c1cc(OC)ccc1-c1cc(-c2ccc(O)cc2)nc[n+]1C. The average molecular weight is 406 g/mol. The van der Waals surface area contributed by atoms with Gasteiger partial charge in [-0.05, 0) is 71.3 Å². The van der Waals surface area contributed by atoms with Crippen LogP contribution in [0.15, 0.2) is 54.9 Å². The molecule has 0 radical (unpaired) electrons. The molecule has 0 amide bonds. The van der Waals surface area contributed by atoms with E-state index in [0.717, 1.165) is 35.5 Å². The molecule has 0 bridgehead atoms. The normalized spacial score (nSPS) is 13.1.